The normalized spacial score (nSPS) is 22.0. The fourth-order valence-electron chi connectivity index (χ4n) is 4.27. The Bertz CT molecular complexity index is 699. The quantitative estimate of drug-likeness (QED) is 0.424. The molecule has 31 heavy (non-hydrogen) atoms. The van der Waals surface area contributed by atoms with Gasteiger partial charge in [0.25, 0.3) is 0 Å². The minimum atomic E-state index is -0.924. The molecule has 0 radical (unpaired) electrons. The van der Waals surface area contributed by atoms with Gasteiger partial charge in [-0.2, -0.15) is 0 Å². The van der Waals surface area contributed by atoms with E-state index in [0.717, 1.165) is 38.0 Å². The molecule has 174 valence electrons. The van der Waals surface area contributed by atoms with E-state index in [-0.39, 0.29) is 11.2 Å². The van der Waals surface area contributed by atoms with Crippen molar-refractivity contribution in [1.29, 1.82) is 0 Å². The highest BCUT2D eigenvalue weighted by molar-refractivity contribution is 5.80. The van der Waals surface area contributed by atoms with Crippen molar-refractivity contribution >= 4 is 5.96 Å². The van der Waals surface area contributed by atoms with Gasteiger partial charge in [0, 0.05) is 51.4 Å². The van der Waals surface area contributed by atoms with Crippen molar-refractivity contribution in [1.82, 2.24) is 15.5 Å². The molecule has 0 amide bonds. The smallest absolute Gasteiger partial charge is 0.191 e. The van der Waals surface area contributed by atoms with Gasteiger partial charge in [0.2, 0.25) is 0 Å². The molecular formula is C23H37FN4O3. The van der Waals surface area contributed by atoms with E-state index in [1.807, 2.05) is 26.0 Å². The van der Waals surface area contributed by atoms with Crippen molar-refractivity contribution < 1.29 is 19.0 Å². The minimum Gasteiger partial charge on any atom is -0.387 e. The Balaban J connectivity index is 1.65. The van der Waals surface area contributed by atoms with Gasteiger partial charge in [0.1, 0.15) is 5.82 Å². The lowest BCUT2D eigenvalue weighted by atomic mass is 9.74. The minimum absolute atomic E-state index is 0.140. The highest BCUT2D eigenvalue weighted by Crippen LogP contribution is 2.34. The van der Waals surface area contributed by atoms with Gasteiger partial charge in [-0.3, -0.25) is 9.89 Å². The van der Waals surface area contributed by atoms with Gasteiger partial charge in [0.15, 0.2) is 5.96 Å². The van der Waals surface area contributed by atoms with Crippen LogP contribution >= 0.6 is 0 Å². The molecule has 1 aromatic rings. The van der Waals surface area contributed by atoms with E-state index >= 15 is 0 Å². The topological polar surface area (TPSA) is 78.4 Å². The summed E-state index contributed by atoms with van der Waals surface area (Å²) < 4.78 is 24.4. The maximum absolute atomic E-state index is 13.5. The van der Waals surface area contributed by atoms with Crippen LogP contribution in [0.4, 0.5) is 4.39 Å². The lowest BCUT2D eigenvalue weighted by Gasteiger charge is -2.38. The van der Waals surface area contributed by atoms with Gasteiger partial charge in [-0.05, 0) is 44.4 Å². The molecule has 3 rings (SSSR count). The molecule has 0 aliphatic carbocycles. The molecule has 1 atom stereocenters. The highest BCUT2D eigenvalue weighted by atomic mass is 19.1. The summed E-state index contributed by atoms with van der Waals surface area (Å²) in [5.74, 6) is 0.453. The number of aliphatic imine (C=N–C) groups is 1. The third kappa shape index (κ3) is 7.14. The number of benzene rings is 1. The summed E-state index contributed by atoms with van der Waals surface area (Å²) in [4.78, 5) is 6.88. The maximum Gasteiger partial charge on any atom is 0.191 e. The Morgan fingerprint density at radius 1 is 1.13 bits per heavy atom. The average molecular weight is 437 g/mol. The van der Waals surface area contributed by atoms with Crippen molar-refractivity contribution in [3.05, 3.63) is 35.6 Å². The number of ether oxygens (including phenoxy) is 2. The number of morpholine rings is 1. The maximum atomic E-state index is 13.5. The second-order valence-corrected chi connectivity index (χ2v) is 8.83. The molecule has 2 heterocycles. The van der Waals surface area contributed by atoms with Crippen molar-refractivity contribution in [2.75, 3.05) is 65.7 Å². The van der Waals surface area contributed by atoms with Crippen LogP contribution in [0.15, 0.2) is 29.3 Å². The molecule has 2 fully saturated rings. The van der Waals surface area contributed by atoms with E-state index in [1.54, 1.807) is 0 Å². The molecule has 1 unspecified atom stereocenters. The fourth-order valence-corrected chi connectivity index (χ4v) is 4.27. The zero-order chi connectivity index (χ0) is 22.2. The first-order valence-electron chi connectivity index (χ1n) is 11.3. The molecule has 0 bridgehead atoms. The lowest BCUT2D eigenvalue weighted by Crippen LogP contribution is -2.50. The van der Waals surface area contributed by atoms with Gasteiger partial charge < -0.3 is 25.2 Å². The van der Waals surface area contributed by atoms with Crippen molar-refractivity contribution in [2.24, 2.45) is 4.99 Å². The van der Waals surface area contributed by atoms with Crippen LogP contribution in [-0.4, -0.2) is 87.3 Å². The second kappa shape index (κ2) is 11.2. The number of guanidine groups is 1. The highest BCUT2D eigenvalue weighted by Gasteiger charge is 2.35. The molecule has 3 N–H and O–H groups in total. The van der Waals surface area contributed by atoms with Crippen LogP contribution in [-0.2, 0) is 14.9 Å². The molecule has 0 spiro atoms. The monoisotopic (exact) mass is 436 g/mol. The number of nitrogens with zero attached hydrogens (tertiary/aromatic N) is 2. The van der Waals surface area contributed by atoms with E-state index in [2.05, 4.69) is 20.5 Å². The number of β-amino-alcohol motifs (C(OH)–C–C–N with tert-alkyl or cyclic N) is 1. The second-order valence-electron chi connectivity index (χ2n) is 8.83. The summed E-state index contributed by atoms with van der Waals surface area (Å²) in [7, 11) is 0. The Kier molecular flexibility index (Phi) is 8.66. The molecule has 2 aliphatic rings. The van der Waals surface area contributed by atoms with E-state index in [1.165, 1.54) is 12.1 Å². The summed E-state index contributed by atoms with van der Waals surface area (Å²) in [6.45, 7) is 10.5. The third-order valence-electron chi connectivity index (χ3n) is 6.09. The third-order valence-corrected chi connectivity index (χ3v) is 6.09. The SMILES string of the molecule is CCNC(=NCC(C)(O)CN1CCOCC1)NCC1(c2ccc(F)cc2)CCOCC1. The van der Waals surface area contributed by atoms with Crippen LogP contribution in [0.3, 0.4) is 0 Å². The summed E-state index contributed by atoms with van der Waals surface area (Å²) in [5, 5.41) is 17.6. The van der Waals surface area contributed by atoms with Crippen LogP contribution in [0.25, 0.3) is 0 Å². The molecule has 7 nitrogen and oxygen atoms in total. The molecule has 2 saturated heterocycles. The predicted molar refractivity (Wildman–Crippen MR) is 120 cm³/mol. The van der Waals surface area contributed by atoms with Gasteiger partial charge in [-0.15, -0.1) is 0 Å². The van der Waals surface area contributed by atoms with Crippen LogP contribution in [0.1, 0.15) is 32.3 Å². The van der Waals surface area contributed by atoms with Crippen LogP contribution in [0, 0.1) is 5.82 Å². The van der Waals surface area contributed by atoms with E-state index in [0.29, 0.717) is 52.0 Å². The van der Waals surface area contributed by atoms with Crippen LogP contribution in [0.5, 0.6) is 0 Å². The first-order valence-corrected chi connectivity index (χ1v) is 11.3. The predicted octanol–water partition coefficient (Wildman–Crippen LogP) is 1.51. The lowest BCUT2D eigenvalue weighted by molar-refractivity contribution is -0.0180. The Labute approximate surface area is 185 Å². The Morgan fingerprint density at radius 3 is 2.42 bits per heavy atom. The van der Waals surface area contributed by atoms with E-state index in [9.17, 15) is 9.50 Å². The van der Waals surface area contributed by atoms with E-state index in [4.69, 9.17) is 9.47 Å². The van der Waals surface area contributed by atoms with Crippen molar-refractivity contribution in [3.8, 4) is 0 Å². The number of halogens is 1. The summed E-state index contributed by atoms with van der Waals surface area (Å²) in [6.07, 6.45) is 1.72. The van der Waals surface area contributed by atoms with Crippen molar-refractivity contribution in [3.63, 3.8) is 0 Å². The molecular weight excluding hydrogens is 399 g/mol. The van der Waals surface area contributed by atoms with Crippen LogP contribution in [0.2, 0.25) is 0 Å². The first kappa shape index (κ1) is 23.9. The number of rotatable bonds is 8. The average Bonchev–Trinajstić information content (AvgIpc) is 2.77. The van der Waals surface area contributed by atoms with Gasteiger partial charge in [0.05, 0.1) is 25.4 Å². The van der Waals surface area contributed by atoms with Crippen LogP contribution < -0.4 is 10.6 Å². The summed E-state index contributed by atoms with van der Waals surface area (Å²) >= 11 is 0. The standard InChI is InChI=1S/C23H37FN4O3/c1-3-25-21(26-16-22(2,29)18-28-10-14-31-15-11-28)27-17-23(8-12-30-13-9-23)19-4-6-20(24)7-5-19/h4-7,29H,3,8-18H2,1-2H3,(H2,25,26,27). The largest absolute Gasteiger partial charge is 0.387 e. The zero-order valence-corrected chi connectivity index (χ0v) is 18.8. The summed E-state index contributed by atoms with van der Waals surface area (Å²) in [6, 6.07) is 6.79. The molecule has 0 aromatic heterocycles. The van der Waals surface area contributed by atoms with Gasteiger partial charge in [-0.25, -0.2) is 4.39 Å². The van der Waals surface area contributed by atoms with E-state index < -0.39 is 5.60 Å². The summed E-state index contributed by atoms with van der Waals surface area (Å²) in [5.41, 5.74) is 0.0470. The molecule has 8 heteroatoms. The van der Waals surface area contributed by atoms with Gasteiger partial charge >= 0.3 is 0 Å². The number of nitrogens with one attached hydrogen (secondary N) is 2. The zero-order valence-electron chi connectivity index (χ0n) is 18.8. The van der Waals surface area contributed by atoms with Gasteiger partial charge in [-0.1, -0.05) is 12.1 Å². The fraction of sp³-hybridized carbons (Fsp3) is 0.696. The Hall–Kier alpha value is -1.74. The number of hydrogen-bond acceptors (Lipinski definition) is 5. The molecule has 2 aliphatic heterocycles. The molecule has 0 saturated carbocycles. The first-order chi connectivity index (χ1) is 14.9. The number of hydrogen-bond donors (Lipinski definition) is 3. The molecule has 1 aromatic carbocycles. The van der Waals surface area contributed by atoms with Crippen molar-refractivity contribution in [2.45, 2.75) is 37.7 Å². The number of aliphatic hydroxyl groups is 1. The Morgan fingerprint density at radius 2 is 1.77 bits per heavy atom.